The van der Waals surface area contributed by atoms with Gasteiger partial charge in [-0.15, -0.1) is 0 Å². The van der Waals surface area contributed by atoms with Crippen LogP contribution < -0.4 is 0 Å². The summed E-state index contributed by atoms with van der Waals surface area (Å²) in [6.07, 6.45) is 0. The molecular formula is C38H24N2. The number of aromatic nitrogens is 2. The van der Waals surface area contributed by atoms with Crippen molar-refractivity contribution in [2.75, 3.05) is 0 Å². The average molecular weight is 509 g/mol. The van der Waals surface area contributed by atoms with E-state index in [2.05, 4.69) is 155 Å². The molecule has 9 rings (SSSR count). The van der Waals surface area contributed by atoms with Gasteiger partial charge in [-0.25, -0.2) is 0 Å². The fourth-order valence-electron chi connectivity index (χ4n) is 6.78. The van der Waals surface area contributed by atoms with Crippen molar-refractivity contribution in [1.29, 1.82) is 0 Å². The smallest absolute Gasteiger partial charge is 0.0548 e. The molecule has 3 heterocycles. The Morgan fingerprint density at radius 3 is 1.75 bits per heavy atom. The highest BCUT2D eigenvalue weighted by atomic mass is 15.0. The van der Waals surface area contributed by atoms with Gasteiger partial charge in [-0.05, 0) is 59.0 Å². The molecule has 40 heavy (non-hydrogen) atoms. The first-order chi connectivity index (χ1) is 19.9. The number of hydrogen-bond acceptors (Lipinski definition) is 0. The molecule has 0 bridgehead atoms. The third-order valence-corrected chi connectivity index (χ3v) is 8.47. The zero-order valence-corrected chi connectivity index (χ0v) is 21.8. The van der Waals surface area contributed by atoms with E-state index in [0.717, 1.165) is 0 Å². The molecule has 0 aliphatic carbocycles. The van der Waals surface area contributed by atoms with Gasteiger partial charge in [-0.3, -0.25) is 0 Å². The molecule has 0 aliphatic heterocycles. The van der Waals surface area contributed by atoms with Gasteiger partial charge in [-0.2, -0.15) is 0 Å². The van der Waals surface area contributed by atoms with Crippen LogP contribution in [-0.2, 0) is 0 Å². The van der Waals surface area contributed by atoms with Crippen LogP contribution in [-0.4, -0.2) is 8.97 Å². The van der Waals surface area contributed by atoms with Crippen molar-refractivity contribution in [2.45, 2.75) is 0 Å². The fraction of sp³-hybridized carbons (Fsp3) is 0. The monoisotopic (exact) mass is 508 g/mol. The van der Waals surface area contributed by atoms with E-state index in [-0.39, 0.29) is 0 Å². The molecule has 0 atom stereocenters. The normalized spacial score (nSPS) is 12.0. The van der Waals surface area contributed by atoms with Crippen LogP contribution in [0.3, 0.4) is 0 Å². The molecule has 0 saturated carbocycles. The maximum absolute atomic E-state index is 2.45. The van der Waals surface area contributed by atoms with Crippen molar-refractivity contribution in [1.82, 2.24) is 8.97 Å². The molecule has 0 N–H and O–H groups in total. The third kappa shape index (κ3) is 2.88. The van der Waals surface area contributed by atoms with Crippen LogP contribution in [0.15, 0.2) is 146 Å². The first-order valence-electron chi connectivity index (χ1n) is 13.8. The molecule has 2 heteroatoms. The predicted octanol–water partition coefficient (Wildman–Crippen LogP) is 10.2. The number of nitrogens with zero attached hydrogens (tertiary/aromatic N) is 2. The summed E-state index contributed by atoms with van der Waals surface area (Å²) in [6, 6.07) is 52.9. The first-order valence-corrected chi connectivity index (χ1v) is 13.8. The largest absolute Gasteiger partial charge is 0.309 e. The Morgan fingerprint density at radius 2 is 0.925 bits per heavy atom. The molecule has 3 aromatic heterocycles. The Labute approximate surface area is 230 Å². The molecule has 0 fully saturated rings. The zero-order valence-electron chi connectivity index (χ0n) is 21.8. The third-order valence-electron chi connectivity index (χ3n) is 8.47. The summed E-state index contributed by atoms with van der Waals surface area (Å²) in [5, 5.41) is 7.72. The molecule has 0 aliphatic rings. The molecule has 0 radical (unpaired) electrons. The van der Waals surface area contributed by atoms with Crippen molar-refractivity contribution in [3.05, 3.63) is 146 Å². The molecule has 0 saturated heterocycles. The first kappa shape index (κ1) is 21.6. The average Bonchev–Trinajstić information content (AvgIpc) is 3.58. The van der Waals surface area contributed by atoms with Gasteiger partial charge in [0, 0.05) is 32.6 Å². The van der Waals surface area contributed by atoms with Crippen LogP contribution in [0.4, 0.5) is 0 Å². The molecule has 0 unspecified atom stereocenters. The van der Waals surface area contributed by atoms with Crippen molar-refractivity contribution < 1.29 is 0 Å². The number of pyridine rings is 1. The van der Waals surface area contributed by atoms with Gasteiger partial charge < -0.3 is 8.97 Å². The topological polar surface area (TPSA) is 9.34 Å². The molecule has 186 valence electrons. The quantitative estimate of drug-likeness (QED) is 0.206. The molecular weight excluding hydrogens is 484 g/mol. The SMILES string of the molecule is c1ccc(-c2cccc(-n3c4ccccc4c4c5cc6c7ccccc7c7ccccc7n6c5ccc43)c2)cc1. The number of fused-ring (bicyclic) bond motifs is 12. The maximum Gasteiger partial charge on any atom is 0.0548 e. The van der Waals surface area contributed by atoms with E-state index in [0.29, 0.717) is 0 Å². The highest BCUT2D eigenvalue weighted by Crippen LogP contribution is 2.41. The number of rotatable bonds is 2. The van der Waals surface area contributed by atoms with E-state index in [1.807, 2.05) is 0 Å². The van der Waals surface area contributed by atoms with Gasteiger partial charge in [0.2, 0.25) is 0 Å². The highest BCUT2D eigenvalue weighted by molar-refractivity contribution is 6.24. The van der Waals surface area contributed by atoms with Crippen molar-refractivity contribution in [3.8, 4) is 16.8 Å². The van der Waals surface area contributed by atoms with E-state index >= 15 is 0 Å². The maximum atomic E-state index is 2.45. The van der Waals surface area contributed by atoms with Crippen molar-refractivity contribution in [3.63, 3.8) is 0 Å². The van der Waals surface area contributed by atoms with E-state index in [4.69, 9.17) is 0 Å². The second kappa shape index (κ2) is 8.08. The Kier molecular flexibility index (Phi) is 4.36. The molecule has 2 nitrogen and oxygen atoms in total. The Bertz CT molecular complexity index is 2420. The van der Waals surface area contributed by atoms with Crippen LogP contribution in [0.25, 0.3) is 76.7 Å². The van der Waals surface area contributed by atoms with E-state index < -0.39 is 0 Å². The van der Waals surface area contributed by atoms with Gasteiger partial charge in [0.25, 0.3) is 0 Å². The highest BCUT2D eigenvalue weighted by Gasteiger charge is 2.19. The molecule has 9 aromatic rings. The summed E-state index contributed by atoms with van der Waals surface area (Å²) >= 11 is 0. The van der Waals surface area contributed by atoms with Crippen molar-refractivity contribution >= 4 is 59.9 Å². The Balaban J connectivity index is 1.43. The predicted molar refractivity (Wildman–Crippen MR) is 170 cm³/mol. The lowest BCUT2D eigenvalue weighted by atomic mass is 10.0. The lowest BCUT2D eigenvalue weighted by molar-refractivity contribution is 1.18. The van der Waals surface area contributed by atoms with Crippen LogP contribution in [0.1, 0.15) is 0 Å². The molecule has 0 spiro atoms. The van der Waals surface area contributed by atoms with Crippen LogP contribution in [0.5, 0.6) is 0 Å². The van der Waals surface area contributed by atoms with Crippen LogP contribution >= 0.6 is 0 Å². The summed E-state index contributed by atoms with van der Waals surface area (Å²) in [5.41, 5.74) is 9.80. The molecule has 6 aromatic carbocycles. The number of benzene rings is 6. The number of hydrogen-bond donors (Lipinski definition) is 0. The summed E-state index contributed by atoms with van der Waals surface area (Å²) in [6.45, 7) is 0. The summed E-state index contributed by atoms with van der Waals surface area (Å²) in [7, 11) is 0. The minimum Gasteiger partial charge on any atom is -0.309 e. The standard InChI is InChI=1S/C38H24N2/c1-2-11-25(12-3-1)26-13-10-14-27(23-26)39-34-20-9-7-18-31(34)38-32-24-37-30-17-5-4-15-28(30)29-16-6-8-19-33(29)40(37)35(32)21-22-36(38)39/h1-24H. The minimum absolute atomic E-state index is 1.17. The Morgan fingerprint density at radius 1 is 0.325 bits per heavy atom. The van der Waals surface area contributed by atoms with E-state index in [1.165, 1.54) is 76.7 Å². The van der Waals surface area contributed by atoms with E-state index in [9.17, 15) is 0 Å². The van der Waals surface area contributed by atoms with Crippen LogP contribution in [0, 0.1) is 0 Å². The Hall–Kier alpha value is -5.34. The summed E-state index contributed by atoms with van der Waals surface area (Å²) in [5.74, 6) is 0. The van der Waals surface area contributed by atoms with Gasteiger partial charge in [-0.1, -0.05) is 103 Å². The second-order valence-corrected chi connectivity index (χ2v) is 10.6. The van der Waals surface area contributed by atoms with Gasteiger partial charge in [0.05, 0.1) is 27.6 Å². The number of para-hydroxylation sites is 2. The molecule has 0 amide bonds. The lowest BCUT2D eigenvalue weighted by Gasteiger charge is -2.11. The lowest BCUT2D eigenvalue weighted by Crippen LogP contribution is -1.94. The minimum atomic E-state index is 1.17. The second-order valence-electron chi connectivity index (χ2n) is 10.6. The fourth-order valence-corrected chi connectivity index (χ4v) is 6.78. The van der Waals surface area contributed by atoms with Gasteiger partial charge >= 0.3 is 0 Å². The van der Waals surface area contributed by atoms with Gasteiger partial charge in [0.15, 0.2) is 0 Å². The zero-order chi connectivity index (χ0) is 26.2. The summed E-state index contributed by atoms with van der Waals surface area (Å²) < 4.78 is 4.88. The van der Waals surface area contributed by atoms with E-state index in [1.54, 1.807) is 0 Å². The van der Waals surface area contributed by atoms with Crippen molar-refractivity contribution in [2.24, 2.45) is 0 Å². The van der Waals surface area contributed by atoms with Gasteiger partial charge in [0.1, 0.15) is 0 Å². The van der Waals surface area contributed by atoms with Crippen LogP contribution in [0.2, 0.25) is 0 Å². The summed E-state index contributed by atoms with van der Waals surface area (Å²) in [4.78, 5) is 0.